The van der Waals surface area contributed by atoms with E-state index in [9.17, 15) is 0 Å². The van der Waals surface area contributed by atoms with Gasteiger partial charge < -0.3 is 5.32 Å². The van der Waals surface area contributed by atoms with Crippen molar-refractivity contribution in [3.8, 4) is 0 Å². The van der Waals surface area contributed by atoms with Crippen LogP contribution in [0.1, 0.15) is 40.5 Å². The second-order valence-corrected chi connectivity index (χ2v) is 4.70. The second kappa shape index (κ2) is 3.61. The molecule has 1 heteroatoms. The standard InChI is InChI=1S/C11H21N/c1-9(2)10-5-7-11(3,4)12-8-6-10/h6,9,12H,5,7-8H2,1-4H3. The van der Waals surface area contributed by atoms with Gasteiger partial charge in [0.25, 0.3) is 0 Å². The molecule has 0 radical (unpaired) electrons. The van der Waals surface area contributed by atoms with Crippen molar-refractivity contribution in [3.05, 3.63) is 11.6 Å². The van der Waals surface area contributed by atoms with Crippen molar-refractivity contribution in [1.82, 2.24) is 5.32 Å². The Hall–Kier alpha value is -0.300. The van der Waals surface area contributed by atoms with Gasteiger partial charge in [-0.15, -0.1) is 0 Å². The minimum absolute atomic E-state index is 0.327. The summed E-state index contributed by atoms with van der Waals surface area (Å²) in [6.07, 6.45) is 4.88. The SMILES string of the molecule is CC(C)C1=CCNC(C)(C)CC1. The number of rotatable bonds is 1. The number of nitrogens with one attached hydrogen (secondary N) is 1. The molecule has 0 amide bonds. The maximum absolute atomic E-state index is 3.53. The lowest BCUT2D eigenvalue weighted by Gasteiger charge is -2.23. The highest BCUT2D eigenvalue weighted by Crippen LogP contribution is 2.23. The maximum atomic E-state index is 3.53. The molecule has 0 spiro atoms. The molecule has 0 saturated heterocycles. The highest BCUT2D eigenvalue weighted by molar-refractivity contribution is 5.09. The van der Waals surface area contributed by atoms with E-state index in [1.165, 1.54) is 12.8 Å². The van der Waals surface area contributed by atoms with E-state index in [2.05, 4.69) is 39.1 Å². The van der Waals surface area contributed by atoms with Crippen LogP contribution in [0.3, 0.4) is 0 Å². The Morgan fingerprint density at radius 1 is 1.42 bits per heavy atom. The van der Waals surface area contributed by atoms with Crippen LogP contribution in [0.4, 0.5) is 0 Å². The van der Waals surface area contributed by atoms with E-state index < -0.39 is 0 Å². The molecule has 1 aliphatic rings. The summed E-state index contributed by atoms with van der Waals surface area (Å²) in [5.41, 5.74) is 1.95. The molecule has 12 heavy (non-hydrogen) atoms. The normalized spacial score (nSPS) is 23.6. The highest BCUT2D eigenvalue weighted by atomic mass is 14.9. The van der Waals surface area contributed by atoms with Gasteiger partial charge in [-0.1, -0.05) is 25.5 Å². The smallest absolute Gasteiger partial charge is 0.0142 e. The predicted molar refractivity (Wildman–Crippen MR) is 54.2 cm³/mol. The fraction of sp³-hybridized carbons (Fsp3) is 0.818. The van der Waals surface area contributed by atoms with Crippen molar-refractivity contribution in [2.24, 2.45) is 5.92 Å². The van der Waals surface area contributed by atoms with Crippen molar-refractivity contribution in [1.29, 1.82) is 0 Å². The molecular weight excluding hydrogens is 146 g/mol. The largest absolute Gasteiger partial charge is 0.308 e. The van der Waals surface area contributed by atoms with E-state index in [0.717, 1.165) is 12.5 Å². The molecule has 0 bridgehead atoms. The summed E-state index contributed by atoms with van der Waals surface area (Å²) in [5, 5.41) is 3.53. The summed E-state index contributed by atoms with van der Waals surface area (Å²) < 4.78 is 0. The van der Waals surface area contributed by atoms with Gasteiger partial charge in [-0.2, -0.15) is 0 Å². The number of hydrogen-bond donors (Lipinski definition) is 1. The molecule has 0 aromatic heterocycles. The molecule has 0 saturated carbocycles. The van der Waals surface area contributed by atoms with Crippen LogP contribution in [0.5, 0.6) is 0 Å². The molecule has 1 N–H and O–H groups in total. The van der Waals surface area contributed by atoms with E-state index in [0.29, 0.717) is 5.54 Å². The molecule has 0 atom stereocenters. The topological polar surface area (TPSA) is 12.0 Å². The average molecular weight is 167 g/mol. The fourth-order valence-electron chi connectivity index (χ4n) is 1.63. The fourth-order valence-corrected chi connectivity index (χ4v) is 1.63. The zero-order chi connectivity index (χ0) is 9.19. The maximum Gasteiger partial charge on any atom is 0.0142 e. The molecule has 0 unspecified atom stereocenters. The Kier molecular flexibility index (Phi) is 2.94. The lowest BCUT2D eigenvalue weighted by atomic mass is 9.92. The lowest BCUT2D eigenvalue weighted by Crippen LogP contribution is -2.38. The summed E-state index contributed by atoms with van der Waals surface area (Å²) in [6.45, 7) is 10.2. The lowest BCUT2D eigenvalue weighted by molar-refractivity contribution is 0.385. The van der Waals surface area contributed by atoms with Gasteiger partial charge in [0, 0.05) is 12.1 Å². The van der Waals surface area contributed by atoms with Crippen molar-refractivity contribution >= 4 is 0 Å². The van der Waals surface area contributed by atoms with Crippen LogP contribution in [0.2, 0.25) is 0 Å². The monoisotopic (exact) mass is 167 g/mol. The molecule has 1 heterocycles. The average Bonchev–Trinajstić information content (AvgIpc) is 2.10. The Bertz CT molecular complexity index is 177. The van der Waals surface area contributed by atoms with E-state index >= 15 is 0 Å². The highest BCUT2D eigenvalue weighted by Gasteiger charge is 2.19. The zero-order valence-electron chi connectivity index (χ0n) is 8.78. The van der Waals surface area contributed by atoms with Crippen LogP contribution in [0.15, 0.2) is 11.6 Å². The Morgan fingerprint density at radius 2 is 2.08 bits per heavy atom. The summed E-state index contributed by atoms with van der Waals surface area (Å²) in [4.78, 5) is 0. The van der Waals surface area contributed by atoms with Crippen LogP contribution in [0, 0.1) is 5.92 Å². The third-order valence-corrected chi connectivity index (χ3v) is 2.73. The quantitative estimate of drug-likeness (QED) is 0.592. The van der Waals surface area contributed by atoms with Crippen LogP contribution < -0.4 is 5.32 Å². The molecule has 1 rings (SSSR count). The van der Waals surface area contributed by atoms with E-state index in [-0.39, 0.29) is 0 Å². The Labute approximate surface area is 76.2 Å². The minimum Gasteiger partial charge on any atom is -0.308 e. The van der Waals surface area contributed by atoms with Gasteiger partial charge in [0.1, 0.15) is 0 Å². The van der Waals surface area contributed by atoms with Crippen LogP contribution in [-0.2, 0) is 0 Å². The molecule has 1 nitrogen and oxygen atoms in total. The van der Waals surface area contributed by atoms with Gasteiger partial charge in [0.2, 0.25) is 0 Å². The molecule has 0 aliphatic carbocycles. The van der Waals surface area contributed by atoms with E-state index in [4.69, 9.17) is 0 Å². The summed E-state index contributed by atoms with van der Waals surface area (Å²) in [7, 11) is 0. The first kappa shape index (κ1) is 9.79. The van der Waals surface area contributed by atoms with Crippen LogP contribution in [0.25, 0.3) is 0 Å². The van der Waals surface area contributed by atoms with E-state index in [1.54, 1.807) is 5.57 Å². The number of hydrogen-bond acceptors (Lipinski definition) is 1. The van der Waals surface area contributed by atoms with Gasteiger partial charge in [-0.3, -0.25) is 0 Å². The molecule has 0 fully saturated rings. The third kappa shape index (κ3) is 2.63. The predicted octanol–water partition coefficient (Wildman–Crippen LogP) is 2.73. The van der Waals surface area contributed by atoms with E-state index in [1.807, 2.05) is 0 Å². The van der Waals surface area contributed by atoms with Gasteiger partial charge in [0.15, 0.2) is 0 Å². The minimum atomic E-state index is 0.327. The molecule has 70 valence electrons. The van der Waals surface area contributed by atoms with Crippen molar-refractivity contribution < 1.29 is 0 Å². The molecular formula is C11H21N. The van der Waals surface area contributed by atoms with Crippen LogP contribution >= 0.6 is 0 Å². The first-order chi connectivity index (χ1) is 5.51. The van der Waals surface area contributed by atoms with Crippen molar-refractivity contribution in [3.63, 3.8) is 0 Å². The summed E-state index contributed by atoms with van der Waals surface area (Å²) in [5.74, 6) is 0.723. The van der Waals surface area contributed by atoms with Crippen molar-refractivity contribution in [2.75, 3.05) is 6.54 Å². The third-order valence-electron chi connectivity index (χ3n) is 2.73. The van der Waals surface area contributed by atoms with Gasteiger partial charge in [0.05, 0.1) is 0 Å². The Balaban J connectivity index is 2.56. The van der Waals surface area contributed by atoms with Gasteiger partial charge in [-0.25, -0.2) is 0 Å². The van der Waals surface area contributed by atoms with Crippen molar-refractivity contribution in [2.45, 2.75) is 46.1 Å². The van der Waals surface area contributed by atoms with Crippen LogP contribution in [-0.4, -0.2) is 12.1 Å². The molecule has 0 aromatic rings. The summed E-state index contributed by atoms with van der Waals surface area (Å²) in [6, 6.07) is 0. The first-order valence-corrected chi connectivity index (χ1v) is 4.95. The Morgan fingerprint density at radius 3 is 2.67 bits per heavy atom. The van der Waals surface area contributed by atoms with Gasteiger partial charge >= 0.3 is 0 Å². The zero-order valence-corrected chi connectivity index (χ0v) is 8.78. The summed E-state index contributed by atoms with van der Waals surface area (Å²) >= 11 is 0. The van der Waals surface area contributed by atoms with Gasteiger partial charge in [-0.05, 0) is 32.6 Å². The molecule has 1 aliphatic heterocycles. The first-order valence-electron chi connectivity index (χ1n) is 4.95. The number of allylic oxidation sites excluding steroid dienone is 1. The molecule has 0 aromatic carbocycles. The second-order valence-electron chi connectivity index (χ2n) is 4.70.